The number of amides is 1. The zero-order valence-corrected chi connectivity index (χ0v) is 13.3. The molecule has 24 heavy (non-hydrogen) atoms. The van der Waals surface area contributed by atoms with Crippen molar-refractivity contribution in [2.24, 2.45) is 0 Å². The van der Waals surface area contributed by atoms with Gasteiger partial charge >= 0.3 is 0 Å². The third kappa shape index (κ3) is 2.48. The monoisotopic (exact) mass is 319 g/mol. The van der Waals surface area contributed by atoms with Crippen molar-refractivity contribution >= 4 is 16.8 Å². The van der Waals surface area contributed by atoms with Crippen LogP contribution in [0.25, 0.3) is 22.2 Å². The van der Waals surface area contributed by atoms with E-state index in [9.17, 15) is 9.90 Å². The van der Waals surface area contributed by atoms with E-state index in [1.807, 2.05) is 35.2 Å². The molecule has 1 N–H and O–H groups in total. The molecule has 1 saturated heterocycles. The first kappa shape index (κ1) is 14.6. The normalized spacial score (nSPS) is 14.6. The lowest BCUT2D eigenvalue weighted by Crippen LogP contribution is -2.47. The average molecular weight is 319 g/mol. The van der Waals surface area contributed by atoms with Gasteiger partial charge in [-0.25, -0.2) is 0 Å². The Bertz CT molecular complexity index is 933. The SMILES string of the molecule is CC(=O)N1CC(c2ccc3cc(-c4ccccc4O)nnc3c2)C1. The maximum atomic E-state index is 11.3. The molecule has 4 rings (SSSR count). The van der Waals surface area contributed by atoms with Crippen LogP contribution in [0.3, 0.4) is 0 Å². The van der Waals surface area contributed by atoms with Crippen molar-refractivity contribution < 1.29 is 9.90 Å². The second kappa shape index (κ2) is 5.60. The summed E-state index contributed by atoms with van der Waals surface area (Å²) in [6.07, 6.45) is 0. The molecule has 0 bridgehead atoms. The van der Waals surface area contributed by atoms with E-state index in [0.717, 1.165) is 24.0 Å². The Morgan fingerprint density at radius 3 is 2.67 bits per heavy atom. The lowest BCUT2D eigenvalue weighted by Gasteiger charge is -2.39. The molecule has 1 aliphatic rings. The maximum Gasteiger partial charge on any atom is 0.219 e. The molecule has 1 fully saturated rings. The number of aromatic hydroxyl groups is 1. The Morgan fingerprint density at radius 1 is 1.12 bits per heavy atom. The highest BCUT2D eigenvalue weighted by Gasteiger charge is 2.29. The van der Waals surface area contributed by atoms with Crippen LogP contribution in [0.2, 0.25) is 0 Å². The quantitative estimate of drug-likeness (QED) is 0.788. The van der Waals surface area contributed by atoms with E-state index in [1.165, 1.54) is 5.56 Å². The summed E-state index contributed by atoms with van der Waals surface area (Å²) in [4.78, 5) is 13.1. The third-order valence-electron chi connectivity index (χ3n) is 4.59. The average Bonchev–Trinajstić information content (AvgIpc) is 2.53. The van der Waals surface area contributed by atoms with Crippen molar-refractivity contribution in [3.05, 3.63) is 54.1 Å². The Labute approximate surface area is 139 Å². The van der Waals surface area contributed by atoms with Crippen LogP contribution in [0.1, 0.15) is 18.4 Å². The molecule has 0 radical (unpaired) electrons. The van der Waals surface area contributed by atoms with E-state index in [4.69, 9.17) is 0 Å². The van der Waals surface area contributed by atoms with E-state index < -0.39 is 0 Å². The molecule has 1 amide bonds. The van der Waals surface area contributed by atoms with E-state index in [-0.39, 0.29) is 11.7 Å². The first-order chi connectivity index (χ1) is 11.6. The minimum atomic E-state index is 0.124. The smallest absolute Gasteiger partial charge is 0.219 e. The van der Waals surface area contributed by atoms with Gasteiger partial charge in [-0.15, -0.1) is 10.2 Å². The highest BCUT2D eigenvalue weighted by molar-refractivity contribution is 5.83. The number of carbonyl (C=O) groups excluding carboxylic acids is 1. The van der Waals surface area contributed by atoms with Crippen LogP contribution in [0.15, 0.2) is 48.5 Å². The molecular formula is C19H17N3O2. The Balaban J connectivity index is 1.64. The number of hydrogen-bond acceptors (Lipinski definition) is 4. The van der Waals surface area contributed by atoms with E-state index in [0.29, 0.717) is 17.2 Å². The predicted molar refractivity (Wildman–Crippen MR) is 91.6 cm³/mol. The zero-order chi connectivity index (χ0) is 16.7. The molecule has 1 aromatic heterocycles. The summed E-state index contributed by atoms with van der Waals surface area (Å²) >= 11 is 0. The number of phenolic OH excluding ortho intramolecular Hbond substituents is 1. The molecule has 0 aliphatic carbocycles. The van der Waals surface area contributed by atoms with Gasteiger partial charge in [0.15, 0.2) is 0 Å². The highest BCUT2D eigenvalue weighted by atomic mass is 16.3. The zero-order valence-electron chi connectivity index (χ0n) is 13.3. The van der Waals surface area contributed by atoms with Crippen molar-refractivity contribution in [3.63, 3.8) is 0 Å². The molecule has 1 aliphatic heterocycles. The maximum absolute atomic E-state index is 11.3. The van der Waals surface area contributed by atoms with Crippen molar-refractivity contribution in [1.82, 2.24) is 15.1 Å². The number of phenols is 1. The number of fused-ring (bicyclic) bond motifs is 1. The summed E-state index contributed by atoms with van der Waals surface area (Å²) in [7, 11) is 0. The van der Waals surface area contributed by atoms with Crippen LogP contribution in [0.4, 0.5) is 0 Å². The van der Waals surface area contributed by atoms with Gasteiger partial charge in [-0.2, -0.15) is 0 Å². The number of aromatic nitrogens is 2. The molecule has 5 heteroatoms. The minimum Gasteiger partial charge on any atom is -0.507 e. The molecule has 3 aromatic rings. The molecule has 0 unspecified atom stereocenters. The van der Waals surface area contributed by atoms with Crippen LogP contribution in [-0.2, 0) is 4.79 Å². The Hall–Kier alpha value is -2.95. The number of hydrogen-bond donors (Lipinski definition) is 1. The molecule has 2 aromatic carbocycles. The van der Waals surface area contributed by atoms with Crippen LogP contribution in [-0.4, -0.2) is 39.2 Å². The predicted octanol–water partition coefficient (Wildman–Crippen LogP) is 2.95. The number of nitrogens with zero attached hydrogens (tertiary/aromatic N) is 3. The third-order valence-corrected chi connectivity index (χ3v) is 4.59. The van der Waals surface area contributed by atoms with E-state index in [2.05, 4.69) is 16.3 Å². The van der Waals surface area contributed by atoms with Gasteiger partial charge in [0.1, 0.15) is 5.75 Å². The topological polar surface area (TPSA) is 66.3 Å². The van der Waals surface area contributed by atoms with Gasteiger partial charge in [0.2, 0.25) is 5.91 Å². The summed E-state index contributed by atoms with van der Waals surface area (Å²) < 4.78 is 0. The van der Waals surface area contributed by atoms with E-state index in [1.54, 1.807) is 19.1 Å². The lowest BCUT2D eigenvalue weighted by atomic mass is 9.90. The van der Waals surface area contributed by atoms with Gasteiger partial charge in [0, 0.05) is 36.9 Å². The van der Waals surface area contributed by atoms with Crippen LogP contribution in [0, 0.1) is 0 Å². The molecule has 0 saturated carbocycles. The van der Waals surface area contributed by atoms with Gasteiger partial charge in [0.05, 0.1) is 11.2 Å². The summed E-state index contributed by atoms with van der Waals surface area (Å²) in [6.45, 7) is 3.14. The second-order valence-corrected chi connectivity index (χ2v) is 6.19. The van der Waals surface area contributed by atoms with Gasteiger partial charge in [-0.3, -0.25) is 4.79 Å². The van der Waals surface area contributed by atoms with Gasteiger partial charge in [-0.1, -0.05) is 24.3 Å². The Morgan fingerprint density at radius 2 is 1.92 bits per heavy atom. The molecular weight excluding hydrogens is 302 g/mol. The fourth-order valence-corrected chi connectivity index (χ4v) is 3.08. The summed E-state index contributed by atoms with van der Waals surface area (Å²) in [5.74, 6) is 0.693. The fraction of sp³-hybridized carbons (Fsp3) is 0.211. The van der Waals surface area contributed by atoms with E-state index >= 15 is 0 Å². The fourth-order valence-electron chi connectivity index (χ4n) is 3.08. The van der Waals surface area contributed by atoms with Crippen LogP contribution in [0.5, 0.6) is 5.75 Å². The van der Waals surface area contributed by atoms with Crippen molar-refractivity contribution in [2.75, 3.05) is 13.1 Å². The summed E-state index contributed by atoms with van der Waals surface area (Å²) in [5, 5.41) is 19.5. The minimum absolute atomic E-state index is 0.124. The van der Waals surface area contributed by atoms with Crippen molar-refractivity contribution in [3.8, 4) is 17.0 Å². The summed E-state index contributed by atoms with van der Waals surface area (Å²) in [5.41, 5.74) is 3.34. The molecule has 0 atom stereocenters. The number of benzene rings is 2. The van der Waals surface area contributed by atoms with Crippen molar-refractivity contribution in [2.45, 2.75) is 12.8 Å². The number of likely N-dealkylation sites (tertiary alicyclic amines) is 1. The second-order valence-electron chi connectivity index (χ2n) is 6.19. The highest BCUT2D eigenvalue weighted by Crippen LogP contribution is 2.31. The first-order valence-corrected chi connectivity index (χ1v) is 7.93. The largest absolute Gasteiger partial charge is 0.507 e. The molecule has 120 valence electrons. The van der Waals surface area contributed by atoms with Crippen molar-refractivity contribution in [1.29, 1.82) is 0 Å². The lowest BCUT2D eigenvalue weighted by molar-refractivity contribution is -0.133. The summed E-state index contributed by atoms with van der Waals surface area (Å²) in [6, 6.07) is 15.2. The number of rotatable bonds is 2. The molecule has 2 heterocycles. The number of carbonyl (C=O) groups is 1. The Kier molecular flexibility index (Phi) is 3.41. The molecule has 5 nitrogen and oxygen atoms in total. The van der Waals surface area contributed by atoms with Gasteiger partial charge in [0.25, 0.3) is 0 Å². The van der Waals surface area contributed by atoms with Gasteiger partial charge < -0.3 is 10.0 Å². The van der Waals surface area contributed by atoms with Crippen LogP contribution < -0.4 is 0 Å². The molecule has 0 spiro atoms. The van der Waals surface area contributed by atoms with Gasteiger partial charge in [-0.05, 0) is 29.8 Å². The van der Waals surface area contributed by atoms with Crippen LogP contribution >= 0.6 is 0 Å². The first-order valence-electron chi connectivity index (χ1n) is 7.93. The standard InChI is InChI=1S/C19H17N3O2/c1-12(23)22-10-15(11-22)13-6-7-14-9-18(21-20-17(14)8-13)16-4-2-3-5-19(16)24/h2-9,15,24H,10-11H2,1H3. The number of para-hydroxylation sites is 1.